The van der Waals surface area contributed by atoms with Crippen molar-refractivity contribution in [2.75, 3.05) is 19.7 Å². The van der Waals surface area contributed by atoms with Gasteiger partial charge >= 0.3 is 0 Å². The van der Waals surface area contributed by atoms with Crippen LogP contribution in [0, 0.1) is 12.3 Å². The zero-order chi connectivity index (χ0) is 13.5. The van der Waals surface area contributed by atoms with Crippen molar-refractivity contribution in [2.45, 2.75) is 52.2 Å². The van der Waals surface area contributed by atoms with Crippen LogP contribution in [0.1, 0.15) is 43.8 Å². The van der Waals surface area contributed by atoms with Crippen molar-refractivity contribution in [2.24, 2.45) is 5.41 Å². The maximum atomic E-state index is 5.96. The van der Waals surface area contributed by atoms with E-state index >= 15 is 0 Å². The van der Waals surface area contributed by atoms with E-state index in [1.807, 2.05) is 0 Å². The third kappa shape index (κ3) is 3.01. The molecule has 1 aromatic heterocycles. The van der Waals surface area contributed by atoms with Crippen LogP contribution in [0.2, 0.25) is 0 Å². The molecule has 3 rings (SSSR count). The summed E-state index contributed by atoms with van der Waals surface area (Å²) in [6.45, 7) is 10.9. The van der Waals surface area contributed by atoms with Crippen LogP contribution in [0.4, 0.5) is 0 Å². The molecule has 0 atom stereocenters. The normalized spacial score (nSPS) is 26.1. The molecule has 3 nitrogen and oxygen atoms in total. The number of hydrogen-bond acceptors (Lipinski definition) is 4. The summed E-state index contributed by atoms with van der Waals surface area (Å²) in [5, 5.41) is 3.37. The van der Waals surface area contributed by atoms with Crippen molar-refractivity contribution in [3.8, 4) is 0 Å². The fourth-order valence-electron chi connectivity index (χ4n) is 3.57. The van der Waals surface area contributed by atoms with Crippen molar-refractivity contribution in [1.82, 2.24) is 9.88 Å². The average Bonchev–Trinajstić information content (AvgIpc) is 2.87. The first-order valence-corrected chi connectivity index (χ1v) is 8.12. The summed E-state index contributed by atoms with van der Waals surface area (Å²) in [4.78, 5) is 7.12. The third-order valence-corrected chi connectivity index (χ3v) is 5.36. The largest absolute Gasteiger partial charge is 0.375 e. The van der Waals surface area contributed by atoms with Gasteiger partial charge in [0, 0.05) is 11.9 Å². The van der Waals surface area contributed by atoms with Gasteiger partial charge in [0.05, 0.1) is 22.9 Å². The summed E-state index contributed by atoms with van der Waals surface area (Å²) < 4.78 is 5.96. The predicted octanol–water partition coefficient (Wildman–Crippen LogP) is 3.23. The Labute approximate surface area is 120 Å². The maximum absolute atomic E-state index is 5.96. The summed E-state index contributed by atoms with van der Waals surface area (Å²) in [6, 6.07) is 0. The Balaban J connectivity index is 1.55. The van der Waals surface area contributed by atoms with Crippen LogP contribution in [-0.2, 0) is 11.3 Å². The molecule has 2 aliphatic rings. The number of likely N-dealkylation sites (tertiary alicyclic amines) is 1. The number of nitrogens with zero attached hydrogens (tertiary/aromatic N) is 2. The molecule has 0 radical (unpaired) electrons. The molecule has 106 valence electrons. The Morgan fingerprint density at radius 1 is 1.37 bits per heavy atom. The van der Waals surface area contributed by atoms with Crippen molar-refractivity contribution in [3.63, 3.8) is 0 Å². The van der Waals surface area contributed by atoms with Crippen LogP contribution in [0.3, 0.4) is 0 Å². The molecule has 2 saturated heterocycles. The van der Waals surface area contributed by atoms with E-state index in [4.69, 9.17) is 4.74 Å². The van der Waals surface area contributed by atoms with Gasteiger partial charge < -0.3 is 4.74 Å². The van der Waals surface area contributed by atoms with E-state index in [0.717, 1.165) is 13.2 Å². The molecule has 0 amide bonds. The molecule has 2 fully saturated rings. The molecule has 1 aromatic rings. The minimum Gasteiger partial charge on any atom is -0.375 e. The van der Waals surface area contributed by atoms with E-state index in [0.29, 0.717) is 5.41 Å². The number of piperidine rings is 1. The van der Waals surface area contributed by atoms with E-state index in [-0.39, 0.29) is 5.60 Å². The van der Waals surface area contributed by atoms with E-state index < -0.39 is 0 Å². The highest BCUT2D eigenvalue weighted by Gasteiger charge is 2.45. The van der Waals surface area contributed by atoms with Gasteiger partial charge in [-0.15, -0.1) is 11.3 Å². The van der Waals surface area contributed by atoms with Crippen molar-refractivity contribution < 1.29 is 4.74 Å². The van der Waals surface area contributed by atoms with Crippen molar-refractivity contribution >= 4 is 11.3 Å². The number of rotatable bonds is 2. The first kappa shape index (κ1) is 13.5. The van der Waals surface area contributed by atoms with Crippen LogP contribution in [-0.4, -0.2) is 35.2 Å². The molecule has 0 N–H and O–H groups in total. The van der Waals surface area contributed by atoms with Crippen LogP contribution in [0.5, 0.6) is 0 Å². The Kier molecular flexibility index (Phi) is 3.44. The van der Waals surface area contributed by atoms with Crippen molar-refractivity contribution in [3.05, 3.63) is 16.1 Å². The van der Waals surface area contributed by atoms with Gasteiger partial charge in [0.15, 0.2) is 0 Å². The average molecular weight is 280 g/mol. The number of aromatic nitrogens is 1. The highest BCUT2D eigenvalue weighted by molar-refractivity contribution is 7.09. The first-order chi connectivity index (χ1) is 8.96. The standard InChI is InChI=1S/C15H24N2OS/c1-12-16-13(9-19-12)8-17-6-4-15(5-7-17)10-14(2,3)18-11-15/h9H,4-8,10-11H2,1-3H3. The summed E-state index contributed by atoms with van der Waals surface area (Å²) in [6.07, 6.45) is 3.78. The minimum atomic E-state index is 0.0915. The number of hydrogen-bond donors (Lipinski definition) is 0. The Hall–Kier alpha value is -0.450. The minimum absolute atomic E-state index is 0.0915. The van der Waals surface area contributed by atoms with Crippen LogP contribution >= 0.6 is 11.3 Å². The van der Waals surface area contributed by atoms with Gasteiger partial charge in [0.2, 0.25) is 0 Å². The fourth-order valence-corrected chi connectivity index (χ4v) is 4.17. The summed E-state index contributed by atoms with van der Waals surface area (Å²) in [5.41, 5.74) is 1.79. The van der Waals surface area contributed by atoms with Gasteiger partial charge in [-0.2, -0.15) is 0 Å². The van der Waals surface area contributed by atoms with E-state index in [1.165, 1.54) is 43.1 Å². The maximum Gasteiger partial charge on any atom is 0.0897 e. The summed E-state index contributed by atoms with van der Waals surface area (Å²) in [7, 11) is 0. The molecule has 2 aliphatic heterocycles. The van der Waals surface area contributed by atoms with Gasteiger partial charge in [0.1, 0.15) is 0 Å². The lowest BCUT2D eigenvalue weighted by atomic mass is 9.74. The molecule has 0 unspecified atom stereocenters. The lowest BCUT2D eigenvalue weighted by molar-refractivity contribution is 0.0242. The molecule has 3 heterocycles. The lowest BCUT2D eigenvalue weighted by Gasteiger charge is -2.38. The second kappa shape index (κ2) is 4.83. The Morgan fingerprint density at radius 2 is 2.11 bits per heavy atom. The Morgan fingerprint density at radius 3 is 2.63 bits per heavy atom. The summed E-state index contributed by atoms with van der Waals surface area (Å²) in [5.74, 6) is 0. The topological polar surface area (TPSA) is 25.4 Å². The van der Waals surface area contributed by atoms with Gasteiger partial charge in [-0.05, 0) is 58.5 Å². The molecule has 19 heavy (non-hydrogen) atoms. The zero-order valence-corrected chi connectivity index (χ0v) is 13.1. The number of ether oxygens (including phenoxy) is 1. The predicted molar refractivity (Wildman–Crippen MR) is 78.4 cm³/mol. The highest BCUT2D eigenvalue weighted by atomic mass is 32.1. The fraction of sp³-hybridized carbons (Fsp3) is 0.800. The smallest absolute Gasteiger partial charge is 0.0897 e. The second-order valence-electron chi connectivity index (χ2n) is 6.86. The lowest BCUT2D eigenvalue weighted by Crippen LogP contribution is -2.40. The molecule has 0 aromatic carbocycles. The van der Waals surface area contributed by atoms with E-state index in [9.17, 15) is 0 Å². The van der Waals surface area contributed by atoms with Gasteiger partial charge in [0.25, 0.3) is 0 Å². The quantitative estimate of drug-likeness (QED) is 0.831. The van der Waals surface area contributed by atoms with Crippen LogP contribution < -0.4 is 0 Å². The third-order valence-electron chi connectivity index (χ3n) is 4.54. The summed E-state index contributed by atoms with van der Waals surface area (Å²) >= 11 is 1.75. The Bertz CT molecular complexity index is 447. The molecular weight excluding hydrogens is 256 g/mol. The van der Waals surface area contributed by atoms with Crippen molar-refractivity contribution in [1.29, 1.82) is 0 Å². The van der Waals surface area contributed by atoms with Crippen LogP contribution in [0.25, 0.3) is 0 Å². The zero-order valence-electron chi connectivity index (χ0n) is 12.2. The van der Waals surface area contributed by atoms with E-state index in [1.54, 1.807) is 11.3 Å². The molecule has 4 heteroatoms. The van der Waals surface area contributed by atoms with Gasteiger partial charge in [-0.1, -0.05) is 0 Å². The second-order valence-corrected chi connectivity index (χ2v) is 7.92. The molecule has 1 spiro atoms. The van der Waals surface area contributed by atoms with E-state index in [2.05, 4.69) is 36.0 Å². The molecular formula is C15H24N2OS. The first-order valence-electron chi connectivity index (χ1n) is 7.24. The molecule has 0 bridgehead atoms. The highest BCUT2D eigenvalue weighted by Crippen LogP contribution is 2.46. The molecule has 0 aliphatic carbocycles. The number of thiazole rings is 1. The van der Waals surface area contributed by atoms with Gasteiger partial charge in [-0.3, -0.25) is 4.90 Å². The number of aryl methyl sites for hydroxylation is 1. The van der Waals surface area contributed by atoms with Gasteiger partial charge in [-0.25, -0.2) is 4.98 Å². The SMILES string of the molecule is Cc1nc(CN2CCC3(CC2)COC(C)(C)C3)cs1. The monoisotopic (exact) mass is 280 g/mol. The molecule has 0 saturated carbocycles. The van der Waals surface area contributed by atoms with Crippen LogP contribution in [0.15, 0.2) is 5.38 Å².